The summed E-state index contributed by atoms with van der Waals surface area (Å²) >= 11 is 0. The van der Waals surface area contributed by atoms with Crippen LogP contribution in [0.4, 0.5) is 5.69 Å². The molecule has 0 saturated carbocycles. The summed E-state index contributed by atoms with van der Waals surface area (Å²) in [7, 11) is 0. The minimum Gasteiger partial charge on any atom is -0.322 e. The first-order chi connectivity index (χ1) is 6.65. The maximum Gasteiger partial charge on any atom is 0.242 e. The summed E-state index contributed by atoms with van der Waals surface area (Å²) in [5.41, 5.74) is 0.580. The second-order valence-corrected chi connectivity index (χ2v) is 3.33. The molecule has 0 aliphatic rings. The first kappa shape index (κ1) is 10.3. The topological polar surface area (TPSA) is 81.6 Å². The van der Waals surface area contributed by atoms with Crippen molar-refractivity contribution in [1.29, 1.82) is 5.26 Å². The monoisotopic (exact) mass is 192 g/mol. The van der Waals surface area contributed by atoms with Crippen LogP contribution in [0.15, 0.2) is 12.4 Å². The number of nitrogens with one attached hydrogen (secondary N) is 2. The lowest BCUT2D eigenvalue weighted by molar-refractivity contribution is -0.119. The fourth-order valence-corrected chi connectivity index (χ4v) is 1.05. The van der Waals surface area contributed by atoms with E-state index in [2.05, 4.69) is 15.5 Å². The van der Waals surface area contributed by atoms with Gasteiger partial charge in [-0.05, 0) is 5.92 Å². The van der Waals surface area contributed by atoms with Gasteiger partial charge in [0.15, 0.2) is 0 Å². The van der Waals surface area contributed by atoms with Crippen LogP contribution in [0.3, 0.4) is 0 Å². The number of H-pyrrole nitrogens is 1. The molecule has 0 saturated heterocycles. The second kappa shape index (κ2) is 4.42. The highest BCUT2D eigenvalue weighted by molar-refractivity contribution is 5.93. The van der Waals surface area contributed by atoms with Gasteiger partial charge in [-0.25, -0.2) is 0 Å². The minimum absolute atomic E-state index is 0.00639. The number of carbonyl (C=O) groups is 1. The first-order valence-electron chi connectivity index (χ1n) is 4.34. The molecule has 5 nitrogen and oxygen atoms in total. The Kier molecular flexibility index (Phi) is 3.24. The van der Waals surface area contributed by atoms with Crippen LogP contribution in [0.25, 0.3) is 0 Å². The Hall–Kier alpha value is -1.83. The molecule has 14 heavy (non-hydrogen) atoms. The SMILES string of the molecule is CC(C)C(C#N)C(=O)Nc1cn[nH]c1. The normalized spacial score (nSPS) is 12.1. The van der Waals surface area contributed by atoms with Crippen molar-refractivity contribution >= 4 is 11.6 Å². The maximum atomic E-state index is 11.5. The Morgan fingerprint density at radius 3 is 2.86 bits per heavy atom. The van der Waals surface area contributed by atoms with E-state index in [1.165, 1.54) is 6.20 Å². The van der Waals surface area contributed by atoms with Gasteiger partial charge in [0.05, 0.1) is 18.0 Å². The maximum absolute atomic E-state index is 11.5. The Balaban J connectivity index is 2.62. The minimum atomic E-state index is -0.620. The summed E-state index contributed by atoms with van der Waals surface area (Å²) in [6.07, 6.45) is 3.05. The van der Waals surface area contributed by atoms with E-state index in [0.29, 0.717) is 5.69 Å². The lowest BCUT2D eigenvalue weighted by Gasteiger charge is -2.11. The lowest BCUT2D eigenvalue weighted by Crippen LogP contribution is -2.25. The number of carbonyl (C=O) groups excluding carboxylic acids is 1. The van der Waals surface area contributed by atoms with Gasteiger partial charge in [-0.15, -0.1) is 0 Å². The van der Waals surface area contributed by atoms with E-state index in [9.17, 15) is 4.79 Å². The zero-order chi connectivity index (χ0) is 10.6. The van der Waals surface area contributed by atoms with Gasteiger partial charge < -0.3 is 5.32 Å². The van der Waals surface area contributed by atoms with Crippen molar-refractivity contribution in [3.8, 4) is 6.07 Å². The molecule has 1 unspecified atom stereocenters. The molecule has 74 valence electrons. The van der Waals surface area contributed by atoms with Crippen molar-refractivity contribution in [1.82, 2.24) is 10.2 Å². The summed E-state index contributed by atoms with van der Waals surface area (Å²) in [5, 5.41) is 17.6. The van der Waals surface area contributed by atoms with Crippen molar-refractivity contribution in [2.45, 2.75) is 13.8 Å². The largest absolute Gasteiger partial charge is 0.322 e. The number of anilines is 1. The highest BCUT2D eigenvalue weighted by Gasteiger charge is 2.21. The van der Waals surface area contributed by atoms with Crippen LogP contribution in [-0.2, 0) is 4.79 Å². The third-order valence-corrected chi connectivity index (χ3v) is 1.85. The van der Waals surface area contributed by atoms with Crippen LogP contribution >= 0.6 is 0 Å². The molecule has 0 bridgehead atoms. The average Bonchev–Trinajstić information content (AvgIpc) is 2.57. The number of nitriles is 1. The molecule has 0 aliphatic heterocycles. The Labute approximate surface area is 82.1 Å². The highest BCUT2D eigenvalue weighted by Crippen LogP contribution is 2.12. The lowest BCUT2D eigenvalue weighted by atomic mass is 9.97. The zero-order valence-corrected chi connectivity index (χ0v) is 8.11. The third kappa shape index (κ3) is 2.33. The van der Waals surface area contributed by atoms with Gasteiger partial charge in [-0.2, -0.15) is 10.4 Å². The average molecular weight is 192 g/mol. The van der Waals surface area contributed by atoms with Crippen molar-refractivity contribution < 1.29 is 4.79 Å². The van der Waals surface area contributed by atoms with E-state index >= 15 is 0 Å². The number of hydrogen-bond donors (Lipinski definition) is 2. The van der Waals surface area contributed by atoms with Gasteiger partial charge in [0.2, 0.25) is 5.91 Å². The van der Waals surface area contributed by atoms with Crippen LogP contribution in [0.2, 0.25) is 0 Å². The van der Waals surface area contributed by atoms with E-state index in [1.54, 1.807) is 6.20 Å². The summed E-state index contributed by atoms with van der Waals surface area (Å²) in [5.74, 6) is -0.902. The van der Waals surface area contributed by atoms with Gasteiger partial charge in [0, 0.05) is 6.20 Å². The van der Waals surface area contributed by atoms with Gasteiger partial charge in [-0.3, -0.25) is 9.89 Å². The smallest absolute Gasteiger partial charge is 0.242 e. The Morgan fingerprint density at radius 1 is 1.71 bits per heavy atom. The Bertz CT molecular complexity index is 336. The summed E-state index contributed by atoms with van der Waals surface area (Å²) < 4.78 is 0. The van der Waals surface area contributed by atoms with Gasteiger partial charge in [-0.1, -0.05) is 13.8 Å². The molecule has 1 atom stereocenters. The number of rotatable bonds is 3. The van der Waals surface area contributed by atoms with E-state index in [0.717, 1.165) is 0 Å². The van der Waals surface area contributed by atoms with Crippen molar-refractivity contribution in [2.75, 3.05) is 5.32 Å². The van der Waals surface area contributed by atoms with Crippen molar-refractivity contribution in [2.24, 2.45) is 11.8 Å². The predicted octanol–water partition coefficient (Wildman–Crippen LogP) is 1.14. The summed E-state index contributed by atoms with van der Waals surface area (Å²) in [6, 6.07) is 1.97. The van der Waals surface area contributed by atoms with Crippen LogP contribution in [0.5, 0.6) is 0 Å². The van der Waals surface area contributed by atoms with Crippen molar-refractivity contribution in [3.63, 3.8) is 0 Å². The number of nitrogens with zero attached hydrogens (tertiary/aromatic N) is 2. The van der Waals surface area contributed by atoms with Crippen LogP contribution in [0, 0.1) is 23.2 Å². The third-order valence-electron chi connectivity index (χ3n) is 1.85. The molecule has 1 heterocycles. The van der Waals surface area contributed by atoms with E-state index < -0.39 is 5.92 Å². The second-order valence-electron chi connectivity index (χ2n) is 3.33. The fraction of sp³-hybridized carbons (Fsp3) is 0.444. The molecule has 1 rings (SSSR count). The standard InChI is InChI=1S/C9H12N4O/c1-6(2)8(3-10)9(14)13-7-4-11-12-5-7/h4-6,8H,1-2H3,(H,11,12)(H,13,14). The van der Waals surface area contributed by atoms with Crippen LogP contribution in [-0.4, -0.2) is 16.1 Å². The zero-order valence-electron chi connectivity index (χ0n) is 8.11. The molecule has 1 aromatic rings. The van der Waals surface area contributed by atoms with Gasteiger partial charge in [0.25, 0.3) is 0 Å². The molecule has 0 radical (unpaired) electrons. The Morgan fingerprint density at radius 2 is 2.43 bits per heavy atom. The molecular formula is C9H12N4O. The summed E-state index contributed by atoms with van der Waals surface area (Å²) in [4.78, 5) is 11.5. The van der Waals surface area contributed by atoms with E-state index in [4.69, 9.17) is 5.26 Å². The quantitative estimate of drug-likeness (QED) is 0.753. The molecule has 0 aliphatic carbocycles. The molecule has 1 amide bonds. The van der Waals surface area contributed by atoms with Gasteiger partial charge >= 0.3 is 0 Å². The first-order valence-corrected chi connectivity index (χ1v) is 4.34. The predicted molar refractivity (Wildman–Crippen MR) is 51.2 cm³/mol. The fourth-order valence-electron chi connectivity index (χ4n) is 1.05. The number of aromatic amines is 1. The van der Waals surface area contributed by atoms with Crippen LogP contribution in [0.1, 0.15) is 13.8 Å². The molecule has 0 aromatic carbocycles. The molecular weight excluding hydrogens is 180 g/mol. The molecule has 0 spiro atoms. The molecule has 0 fully saturated rings. The van der Waals surface area contributed by atoms with Gasteiger partial charge in [0.1, 0.15) is 5.92 Å². The summed E-state index contributed by atoms with van der Waals surface area (Å²) in [6.45, 7) is 3.67. The van der Waals surface area contributed by atoms with E-state index in [-0.39, 0.29) is 11.8 Å². The van der Waals surface area contributed by atoms with Crippen molar-refractivity contribution in [3.05, 3.63) is 12.4 Å². The number of amides is 1. The highest BCUT2D eigenvalue weighted by atomic mass is 16.1. The number of hydrogen-bond acceptors (Lipinski definition) is 3. The molecule has 5 heteroatoms. The van der Waals surface area contributed by atoms with Crippen LogP contribution < -0.4 is 5.32 Å². The van der Waals surface area contributed by atoms with E-state index in [1.807, 2.05) is 19.9 Å². The molecule has 1 aromatic heterocycles. The molecule has 2 N–H and O–H groups in total. The number of aromatic nitrogens is 2.